The largest absolute Gasteiger partial charge is 0.465 e. The van der Waals surface area contributed by atoms with Gasteiger partial charge in [-0.25, -0.2) is 0 Å². The first-order valence-corrected chi connectivity index (χ1v) is 13.8. The lowest BCUT2D eigenvalue weighted by Gasteiger charge is -2.31. The number of rotatable bonds is 26. The Hall–Kier alpha value is -0.990. The highest BCUT2D eigenvalue weighted by Gasteiger charge is 2.32. The van der Waals surface area contributed by atoms with Gasteiger partial charge in [-0.3, -0.25) is 4.79 Å². The maximum Gasteiger partial charge on any atom is 0.302 e. The van der Waals surface area contributed by atoms with Crippen molar-refractivity contribution in [2.24, 2.45) is 5.41 Å². The number of aliphatic hydroxyl groups excluding tert-OH is 3. The molecule has 0 aliphatic heterocycles. The molecule has 0 spiro atoms. The molecule has 0 heterocycles. The topological polar surface area (TPSA) is 105 Å². The van der Waals surface area contributed by atoms with E-state index in [-0.39, 0.29) is 33.0 Å². The Balaban J connectivity index is 3.81. The number of carbonyl (C=O) groups excluding carboxylic acids is 1. The fourth-order valence-corrected chi connectivity index (χ4v) is 3.72. The van der Waals surface area contributed by atoms with Gasteiger partial charge in [0.15, 0.2) is 0 Å². The van der Waals surface area contributed by atoms with Gasteiger partial charge in [-0.2, -0.15) is 0 Å². The summed E-state index contributed by atoms with van der Waals surface area (Å²) in [7, 11) is 0. The zero-order valence-electron chi connectivity index (χ0n) is 22.6. The maximum atomic E-state index is 11.2. The van der Waals surface area contributed by atoms with Gasteiger partial charge < -0.3 is 29.5 Å². The third-order valence-electron chi connectivity index (χ3n) is 6.05. The van der Waals surface area contributed by atoms with E-state index < -0.39 is 24.1 Å². The van der Waals surface area contributed by atoms with E-state index in [4.69, 9.17) is 19.3 Å². The number of aliphatic hydroxyl groups is 3. The van der Waals surface area contributed by atoms with E-state index >= 15 is 0 Å². The highest BCUT2D eigenvalue weighted by atomic mass is 16.5. The van der Waals surface area contributed by atoms with E-state index in [0.717, 1.165) is 12.8 Å². The summed E-state index contributed by atoms with van der Waals surface area (Å²) in [5, 5.41) is 28.2. The molecular weight excluding hydrogens is 448 g/mol. The summed E-state index contributed by atoms with van der Waals surface area (Å²) < 4.78 is 16.3. The van der Waals surface area contributed by atoms with Crippen LogP contribution in [0.2, 0.25) is 0 Å². The number of hydrogen-bond donors (Lipinski definition) is 3. The smallest absolute Gasteiger partial charge is 0.302 e. The van der Waals surface area contributed by atoms with E-state index in [1.54, 1.807) is 0 Å². The number of carbonyl (C=O) groups is 1. The lowest BCUT2D eigenvalue weighted by molar-refractivity contribution is -0.152. The van der Waals surface area contributed by atoms with Gasteiger partial charge in [0.1, 0.15) is 12.7 Å². The van der Waals surface area contributed by atoms with Crippen LogP contribution in [0.3, 0.4) is 0 Å². The van der Waals surface area contributed by atoms with Crippen LogP contribution in [-0.2, 0) is 19.0 Å². The zero-order chi connectivity index (χ0) is 26.0. The van der Waals surface area contributed by atoms with Gasteiger partial charge in [0.25, 0.3) is 0 Å². The summed E-state index contributed by atoms with van der Waals surface area (Å²) >= 11 is 0. The normalized spacial score (nSPS) is 14.3. The van der Waals surface area contributed by atoms with Crippen LogP contribution in [0, 0.1) is 5.41 Å². The van der Waals surface area contributed by atoms with Crippen LogP contribution in [0.5, 0.6) is 0 Å². The Kier molecular flexibility index (Phi) is 24.0. The highest BCUT2D eigenvalue weighted by Crippen LogP contribution is 2.20. The monoisotopic (exact) mass is 502 g/mol. The van der Waals surface area contributed by atoms with Crippen LogP contribution in [-0.4, -0.2) is 73.6 Å². The van der Waals surface area contributed by atoms with E-state index in [1.807, 2.05) is 0 Å². The second kappa shape index (κ2) is 24.7. The second-order valence-corrected chi connectivity index (χ2v) is 9.78. The fourth-order valence-electron chi connectivity index (χ4n) is 3.72. The summed E-state index contributed by atoms with van der Waals surface area (Å²) in [6.07, 6.45) is 21.2. The molecule has 0 aromatic carbocycles. The van der Waals surface area contributed by atoms with E-state index in [9.17, 15) is 15.0 Å². The molecule has 0 rings (SSSR count). The predicted molar refractivity (Wildman–Crippen MR) is 140 cm³/mol. The second-order valence-electron chi connectivity index (χ2n) is 9.78. The Morgan fingerprint density at radius 1 is 0.800 bits per heavy atom. The Morgan fingerprint density at radius 3 is 1.89 bits per heavy atom. The van der Waals surface area contributed by atoms with Crippen LogP contribution < -0.4 is 0 Å². The van der Waals surface area contributed by atoms with Crippen molar-refractivity contribution in [1.82, 2.24) is 0 Å². The number of ether oxygens (including phenoxy) is 3. The molecule has 2 atom stereocenters. The lowest BCUT2D eigenvalue weighted by Crippen LogP contribution is -2.42. The van der Waals surface area contributed by atoms with Crippen LogP contribution in [0.1, 0.15) is 104 Å². The first-order chi connectivity index (χ1) is 17.0. The molecule has 0 aromatic rings. The molecule has 0 aliphatic carbocycles. The van der Waals surface area contributed by atoms with Gasteiger partial charge in [-0.15, -0.1) is 0 Å². The van der Waals surface area contributed by atoms with E-state index in [2.05, 4.69) is 19.1 Å². The van der Waals surface area contributed by atoms with E-state index in [0.29, 0.717) is 6.61 Å². The minimum atomic E-state index is -0.984. The van der Waals surface area contributed by atoms with Gasteiger partial charge in [0, 0.05) is 13.5 Å². The Morgan fingerprint density at radius 2 is 1.34 bits per heavy atom. The van der Waals surface area contributed by atoms with Gasteiger partial charge in [-0.1, -0.05) is 76.9 Å². The zero-order valence-corrected chi connectivity index (χ0v) is 22.6. The summed E-state index contributed by atoms with van der Waals surface area (Å²) in [6, 6.07) is 0. The molecule has 7 nitrogen and oxygen atoms in total. The van der Waals surface area contributed by atoms with Crippen molar-refractivity contribution < 1.29 is 34.3 Å². The SMILES string of the molecule is CCCCCCCC/C=C\CCCCCCCCOCC(CO)(COCC(O)CO)COC(C)=O. The molecule has 0 radical (unpaired) electrons. The number of esters is 1. The number of hydrogen-bond acceptors (Lipinski definition) is 7. The molecule has 2 unspecified atom stereocenters. The Labute approximate surface area is 214 Å². The van der Waals surface area contributed by atoms with Gasteiger partial charge in [-0.05, 0) is 32.1 Å². The molecule has 208 valence electrons. The molecule has 35 heavy (non-hydrogen) atoms. The first kappa shape index (κ1) is 34.0. The number of unbranched alkanes of at least 4 members (excludes halogenated alkanes) is 12. The minimum Gasteiger partial charge on any atom is -0.465 e. The van der Waals surface area contributed by atoms with Gasteiger partial charge >= 0.3 is 5.97 Å². The molecule has 0 bridgehead atoms. The third kappa shape index (κ3) is 22.0. The average molecular weight is 503 g/mol. The van der Waals surface area contributed by atoms with Crippen LogP contribution >= 0.6 is 0 Å². The van der Waals surface area contributed by atoms with Crippen molar-refractivity contribution in [3.8, 4) is 0 Å². The summed E-state index contributed by atoms with van der Waals surface area (Å²) in [5.74, 6) is -0.438. The molecule has 3 N–H and O–H groups in total. The van der Waals surface area contributed by atoms with Gasteiger partial charge in [0.2, 0.25) is 0 Å². The van der Waals surface area contributed by atoms with Crippen LogP contribution in [0.4, 0.5) is 0 Å². The van der Waals surface area contributed by atoms with E-state index in [1.165, 1.54) is 84.0 Å². The van der Waals surface area contributed by atoms with Crippen LogP contribution in [0.25, 0.3) is 0 Å². The maximum absolute atomic E-state index is 11.2. The van der Waals surface area contributed by atoms with Crippen molar-refractivity contribution >= 4 is 5.97 Å². The third-order valence-corrected chi connectivity index (χ3v) is 6.05. The summed E-state index contributed by atoms with van der Waals surface area (Å²) in [4.78, 5) is 11.2. The molecule has 0 saturated carbocycles. The minimum absolute atomic E-state index is 0.0263. The van der Waals surface area contributed by atoms with Crippen molar-refractivity contribution in [2.45, 2.75) is 110 Å². The predicted octanol–water partition coefficient (Wildman–Crippen LogP) is 4.95. The van der Waals surface area contributed by atoms with Crippen molar-refractivity contribution in [3.05, 3.63) is 12.2 Å². The quantitative estimate of drug-likeness (QED) is 0.0873. The molecule has 0 saturated heterocycles. The molecule has 0 aliphatic rings. The highest BCUT2D eigenvalue weighted by molar-refractivity contribution is 5.65. The average Bonchev–Trinajstić information content (AvgIpc) is 2.86. The van der Waals surface area contributed by atoms with Crippen molar-refractivity contribution in [1.29, 1.82) is 0 Å². The molecule has 0 amide bonds. The Bertz CT molecular complexity index is 498. The molecule has 0 aromatic heterocycles. The standard InChI is InChI=1S/C28H54O7/c1-3-4-5-6-7-8-9-10-11-12-13-14-15-16-17-18-19-33-23-28(22-30,25-35-26(2)31)24-34-21-27(32)20-29/h10-11,27,29-30,32H,3-9,12-25H2,1-2H3/b11-10-. The summed E-state index contributed by atoms with van der Waals surface area (Å²) in [5.41, 5.74) is -0.885. The molecular formula is C28H54O7. The molecule has 0 fully saturated rings. The fraction of sp³-hybridized carbons (Fsp3) is 0.893. The summed E-state index contributed by atoms with van der Waals surface area (Å²) in [6.45, 7) is 3.62. The first-order valence-electron chi connectivity index (χ1n) is 13.8. The lowest BCUT2D eigenvalue weighted by atomic mass is 9.92. The van der Waals surface area contributed by atoms with Crippen molar-refractivity contribution in [2.75, 3.05) is 46.2 Å². The van der Waals surface area contributed by atoms with Crippen molar-refractivity contribution in [3.63, 3.8) is 0 Å². The number of allylic oxidation sites excluding steroid dienone is 2. The van der Waals surface area contributed by atoms with Gasteiger partial charge in [0.05, 0.1) is 38.4 Å². The van der Waals surface area contributed by atoms with Crippen LogP contribution in [0.15, 0.2) is 12.2 Å². The molecule has 7 heteroatoms.